The number of hydrogen-bond donors (Lipinski definition) is 1. The third kappa shape index (κ3) is 2.41. The number of nitrogens with zero attached hydrogens (tertiary/aromatic N) is 2. The number of hydrogen-bond acceptors (Lipinski definition) is 4. The van der Waals surface area contributed by atoms with Crippen LogP contribution in [0.15, 0.2) is 11.6 Å². The monoisotopic (exact) mass is 242 g/mol. The molecule has 0 fully saturated rings. The Kier molecular flexibility index (Phi) is 4.04. The summed E-state index contributed by atoms with van der Waals surface area (Å²) >= 11 is 1.56. The molecule has 0 amide bonds. The van der Waals surface area contributed by atoms with Crippen molar-refractivity contribution in [2.75, 3.05) is 6.54 Å². The first kappa shape index (κ1) is 13.1. The first-order valence-corrected chi connectivity index (χ1v) is 6.18. The topological polar surface area (TPSA) is 53.4 Å². The van der Waals surface area contributed by atoms with Gasteiger partial charge in [0.05, 0.1) is 6.04 Å². The first-order valence-electron chi connectivity index (χ1n) is 5.30. The molecule has 1 rings (SSSR count). The number of aromatic nitrogens is 1. The van der Waals surface area contributed by atoms with Crippen molar-refractivity contribution in [3.05, 3.63) is 16.6 Å². The van der Waals surface area contributed by atoms with Gasteiger partial charge in [-0.15, -0.1) is 11.3 Å². The molecule has 1 unspecified atom stereocenters. The molecule has 1 aromatic heterocycles. The predicted molar refractivity (Wildman–Crippen MR) is 64.6 cm³/mol. The van der Waals surface area contributed by atoms with Crippen molar-refractivity contribution in [3.8, 4) is 0 Å². The molecule has 5 heteroatoms. The summed E-state index contributed by atoms with van der Waals surface area (Å²) in [7, 11) is 0. The van der Waals surface area contributed by atoms with Gasteiger partial charge in [0.1, 0.15) is 10.5 Å². The Hall–Kier alpha value is -0.940. The lowest BCUT2D eigenvalue weighted by Gasteiger charge is -2.37. The highest BCUT2D eigenvalue weighted by atomic mass is 32.1. The van der Waals surface area contributed by atoms with E-state index in [2.05, 4.69) is 4.98 Å². The summed E-state index contributed by atoms with van der Waals surface area (Å²) in [5.74, 6) is -0.808. The Morgan fingerprint density at radius 1 is 1.69 bits per heavy atom. The molecule has 1 aromatic rings. The van der Waals surface area contributed by atoms with E-state index in [0.29, 0.717) is 6.54 Å². The van der Waals surface area contributed by atoms with Crippen LogP contribution in [0.5, 0.6) is 0 Å². The summed E-state index contributed by atoms with van der Waals surface area (Å²) in [5, 5.41) is 12.1. The van der Waals surface area contributed by atoms with Crippen LogP contribution in [-0.4, -0.2) is 33.0 Å². The molecule has 1 heterocycles. The van der Waals surface area contributed by atoms with Gasteiger partial charge in [-0.1, -0.05) is 6.92 Å². The van der Waals surface area contributed by atoms with Gasteiger partial charge in [-0.25, -0.2) is 4.98 Å². The molecule has 0 aliphatic heterocycles. The van der Waals surface area contributed by atoms with Crippen molar-refractivity contribution in [3.63, 3.8) is 0 Å². The summed E-state index contributed by atoms with van der Waals surface area (Å²) in [6, 6.07) is 0.0242. The Labute approximate surface area is 99.9 Å². The molecule has 1 atom stereocenters. The van der Waals surface area contributed by atoms with Crippen molar-refractivity contribution in [2.24, 2.45) is 0 Å². The smallest absolute Gasteiger partial charge is 0.323 e. The highest BCUT2D eigenvalue weighted by molar-refractivity contribution is 7.09. The maximum absolute atomic E-state index is 11.2. The predicted octanol–water partition coefficient (Wildman–Crippen LogP) is 2.39. The van der Waals surface area contributed by atoms with E-state index in [1.165, 1.54) is 0 Å². The highest BCUT2D eigenvalue weighted by Crippen LogP contribution is 2.28. The van der Waals surface area contributed by atoms with Crippen molar-refractivity contribution >= 4 is 17.3 Å². The molecule has 90 valence electrons. The van der Waals surface area contributed by atoms with E-state index in [4.69, 9.17) is 0 Å². The molecule has 0 radical (unpaired) electrons. The summed E-state index contributed by atoms with van der Waals surface area (Å²) in [6.45, 7) is 8.09. The number of rotatable bonds is 5. The standard InChI is InChI=1S/C11H18N2O2S/c1-5-13(11(3,4)10(14)15)8(2)9-12-6-7-16-9/h6-8H,5H2,1-4H3,(H,14,15). The van der Waals surface area contributed by atoms with Crippen LogP contribution in [0.4, 0.5) is 0 Å². The van der Waals surface area contributed by atoms with Gasteiger partial charge in [-0.3, -0.25) is 9.69 Å². The molecular weight excluding hydrogens is 224 g/mol. The van der Waals surface area contributed by atoms with Crippen LogP contribution in [0.25, 0.3) is 0 Å². The minimum Gasteiger partial charge on any atom is -0.480 e. The molecule has 4 nitrogen and oxygen atoms in total. The molecule has 16 heavy (non-hydrogen) atoms. The zero-order chi connectivity index (χ0) is 12.3. The second kappa shape index (κ2) is 4.93. The van der Waals surface area contributed by atoms with Gasteiger partial charge in [0.2, 0.25) is 0 Å². The quantitative estimate of drug-likeness (QED) is 0.861. The second-order valence-corrected chi connectivity index (χ2v) is 5.12. The van der Waals surface area contributed by atoms with Crippen molar-refractivity contribution in [1.82, 2.24) is 9.88 Å². The SMILES string of the molecule is CCN(C(C)c1nccs1)C(C)(C)C(=O)O. The summed E-state index contributed by atoms with van der Waals surface area (Å²) in [6.07, 6.45) is 1.75. The highest BCUT2D eigenvalue weighted by Gasteiger charge is 2.37. The van der Waals surface area contributed by atoms with Gasteiger partial charge in [-0.05, 0) is 27.3 Å². The number of carbonyl (C=O) groups is 1. The van der Waals surface area contributed by atoms with Gasteiger partial charge < -0.3 is 5.11 Å². The van der Waals surface area contributed by atoms with Crippen LogP contribution in [0.3, 0.4) is 0 Å². The van der Waals surface area contributed by atoms with Crippen LogP contribution in [0.1, 0.15) is 38.7 Å². The Balaban J connectivity index is 2.95. The Morgan fingerprint density at radius 3 is 2.69 bits per heavy atom. The third-order valence-corrected chi connectivity index (χ3v) is 3.80. The van der Waals surface area contributed by atoms with Crippen molar-refractivity contribution in [1.29, 1.82) is 0 Å². The van der Waals surface area contributed by atoms with Crippen LogP contribution >= 0.6 is 11.3 Å². The van der Waals surface area contributed by atoms with Gasteiger partial charge in [-0.2, -0.15) is 0 Å². The van der Waals surface area contributed by atoms with E-state index >= 15 is 0 Å². The lowest BCUT2D eigenvalue weighted by atomic mass is 10.0. The zero-order valence-electron chi connectivity index (χ0n) is 10.1. The maximum Gasteiger partial charge on any atom is 0.323 e. The van der Waals surface area contributed by atoms with E-state index in [-0.39, 0.29) is 6.04 Å². The van der Waals surface area contributed by atoms with Gasteiger partial charge >= 0.3 is 5.97 Å². The van der Waals surface area contributed by atoms with E-state index < -0.39 is 11.5 Å². The third-order valence-electron chi connectivity index (χ3n) is 2.86. The number of thiazole rings is 1. The van der Waals surface area contributed by atoms with Crippen LogP contribution in [-0.2, 0) is 4.79 Å². The van der Waals surface area contributed by atoms with E-state index in [0.717, 1.165) is 5.01 Å². The number of carboxylic acid groups (broad SMARTS) is 1. The molecule has 0 aliphatic rings. The van der Waals surface area contributed by atoms with Gasteiger partial charge in [0.25, 0.3) is 0 Å². The van der Waals surface area contributed by atoms with E-state index in [1.54, 1.807) is 31.4 Å². The normalized spacial score (nSPS) is 14.1. The molecule has 0 spiro atoms. The van der Waals surface area contributed by atoms with Crippen molar-refractivity contribution in [2.45, 2.75) is 39.3 Å². The number of likely N-dealkylation sites (N-methyl/N-ethyl adjacent to an activating group) is 1. The molecule has 1 N–H and O–H groups in total. The Morgan fingerprint density at radius 2 is 2.31 bits per heavy atom. The van der Waals surface area contributed by atoms with E-state index in [9.17, 15) is 9.90 Å². The average molecular weight is 242 g/mol. The maximum atomic E-state index is 11.2. The summed E-state index contributed by atoms with van der Waals surface area (Å²) in [5.41, 5.74) is -0.875. The number of aliphatic carboxylic acids is 1. The molecule has 0 bridgehead atoms. The first-order chi connectivity index (χ1) is 7.41. The fourth-order valence-corrected chi connectivity index (χ4v) is 2.56. The minimum atomic E-state index is -0.875. The van der Waals surface area contributed by atoms with Crippen LogP contribution in [0, 0.1) is 0 Å². The Bertz CT molecular complexity index is 349. The lowest BCUT2D eigenvalue weighted by molar-refractivity contribution is -0.150. The average Bonchev–Trinajstić information content (AvgIpc) is 2.70. The second-order valence-electron chi connectivity index (χ2n) is 4.20. The fraction of sp³-hybridized carbons (Fsp3) is 0.636. The zero-order valence-corrected chi connectivity index (χ0v) is 10.9. The molecule has 0 aliphatic carbocycles. The van der Waals surface area contributed by atoms with Crippen molar-refractivity contribution < 1.29 is 9.90 Å². The minimum absolute atomic E-state index is 0.0242. The fourth-order valence-electron chi connectivity index (χ4n) is 1.85. The van der Waals surface area contributed by atoms with Crippen LogP contribution < -0.4 is 0 Å². The van der Waals surface area contributed by atoms with Gasteiger partial charge in [0, 0.05) is 11.6 Å². The number of carboxylic acids is 1. The van der Waals surface area contributed by atoms with Gasteiger partial charge in [0.15, 0.2) is 0 Å². The van der Waals surface area contributed by atoms with E-state index in [1.807, 2.05) is 24.1 Å². The summed E-state index contributed by atoms with van der Waals surface area (Å²) < 4.78 is 0. The summed E-state index contributed by atoms with van der Waals surface area (Å²) in [4.78, 5) is 17.4. The molecular formula is C11H18N2O2S. The van der Waals surface area contributed by atoms with Crippen LogP contribution in [0.2, 0.25) is 0 Å². The molecule has 0 saturated carbocycles. The molecule has 0 saturated heterocycles. The largest absolute Gasteiger partial charge is 0.480 e. The lowest BCUT2D eigenvalue weighted by Crippen LogP contribution is -2.50. The molecule has 0 aromatic carbocycles.